The van der Waals surface area contributed by atoms with E-state index in [1.165, 1.54) is 38.5 Å². The van der Waals surface area contributed by atoms with E-state index in [1.54, 1.807) is 0 Å². The van der Waals surface area contributed by atoms with E-state index < -0.39 is 37.3 Å². The number of rotatable bonds is 12. The quantitative estimate of drug-likeness (QED) is 0.400. The first-order valence-corrected chi connectivity index (χ1v) is 8.54. The van der Waals surface area contributed by atoms with Crippen molar-refractivity contribution in [2.75, 3.05) is 13.2 Å². The zero-order valence-corrected chi connectivity index (χ0v) is 13.6. The summed E-state index contributed by atoms with van der Waals surface area (Å²) in [6.45, 7) is 2.13. The van der Waals surface area contributed by atoms with E-state index in [0.29, 0.717) is 6.61 Å². The standard InChI is InChI=1S/C16H32O6/c1-2-3-4-5-6-7-8-9-10-21-16-14(20)13(19)15(22-16)12(18)11-17/h12-20H,2-11H2,1H3/t12-,13+,14-,15+,16+/m1/s1. The van der Waals surface area contributed by atoms with Crippen LogP contribution >= 0.6 is 0 Å². The molecular weight excluding hydrogens is 288 g/mol. The largest absolute Gasteiger partial charge is 0.394 e. The van der Waals surface area contributed by atoms with E-state index in [1.807, 2.05) is 0 Å². The third-order valence-electron chi connectivity index (χ3n) is 4.10. The molecule has 6 heteroatoms. The molecule has 0 aromatic heterocycles. The first-order chi connectivity index (χ1) is 10.6. The Labute approximate surface area is 133 Å². The van der Waals surface area contributed by atoms with E-state index in [9.17, 15) is 15.3 Å². The lowest BCUT2D eigenvalue weighted by atomic mass is 10.1. The highest BCUT2D eigenvalue weighted by molar-refractivity contribution is 4.90. The van der Waals surface area contributed by atoms with Gasteiger partial charge in [-0.3, -0.25) is 0 Å². The number of ether oxygens (including phenoxy) is 2. The fourth-order valence-corrected chi connectivity index (χ4v) is 2.67. The molecule has 22 heavy (non-hydrogen) atoms. The van der Waals surface area contributed by atoms with Crippen LogP contribution in [0.4, 0.5) is 0 Å². The summed E-state index contributed by atoms with van der Waals surface area (Å²) in [5.74, 6) is 0. The predicted octanol–water partition coefficient (Wildman–Crippen LogP) is 0.944. The Kier molecular flexibility index (Phi) is 10.2. The Balaban J connectivity index is 2.07. The van der Waals surface area contributed by atoms with Gasteiger partial charge in [-0.15, -0.1) is 0 Å². The van der Waals surface area contributed by atoms with Gasteiger partial charge in [-0.1, -0.05) is 51.9 Å². The zero-order valence-electron chi connectivity index (χ0n) is 13.6. The average molecular weight is 320 g/mol. The molecule has 1 heterocycles. The van der Waals surface area contributed by atoms with Crippen molar-refractivity contribution in [3.05, 3.63) is 0 Å². The van der Waals surface area contributed by atoms with Crippen molar-refractivity contribution in [2.45, 2.75) is 89.0 Å². The highest BCUT2D eigenvalue weighted by Crippen LogP contribution is 2.24. The van der Waals surface area contributed by atoms with Gasteiger partial charge in [0.05, 0.1) is 6.61 Å². The maximum atomic E-state index is 9.80. The predicted molar refractivity (Wildman–Crippen MR) is 82.3 cm³/mol. The minimum Gasteiger partial charge on any atom is -0.394 e. The highest BCUT2D eigenvalue weighted by Gasteiger charge is 2.46. The lowest BCUT2D eigenvalue weighted by molar-refractivity contribution is -0.181. The Bertz CT molecular complexity index is 275. The second-order valence-corrected chi connectivity index (χ2v) is 6.05. The molecule has 1 aliphatic heterocycles. The molecular formula is C16H32O6. The van der Waals surface area contributed by atoms with Crippen LogP contribution in [0, 0.1) is 0 Å². The molecule has 1 saturated heterocycles. The summed E-state index contributed by atoms with van der Waals surface area (Å²) in [6, 6.07) is 0. The van der Waals surface area contributed by atoms with Gasteiger partial charge >= 0.3 is 0 Å². The SMILES string of the molecule is CCCCCCCCCCO[C@H]1O[C@@H]([C@H](O)CO)[C@@H](O)[C@H]1O. The average Bonchev–Trinajstić information content (AvgIpc) is 2.81. The molecule has 0 aromatic rings. The molecule has 0 saturated carbocycles. The number of hydrogen-bond donors (Lipinski definition) is 4. The van der Waals surface area contributed by atoms with Gasteiger partial charge in [0.1, 0.15) is 24.4 Å². The maximum Gasteiger partial charge on any atom is 0.186 e. The highest BCUT2D eigenvalue weighted by atomic mass is 16.7. The third kappa shape index (κ3) is 6.48. The summed E-state index contributed by atoms with van der Waals surface area (Å²) in [5, 5.41) is 37.9. The van der Waals surface area contributed by atoms with Gasteiger partial charge in [0.2, 0.25) is 0 Å². The fourth-order valence-electron chi connectivity index (χ4n) is 2.67. The number of aliphatic hydroxyl groups excluding tert-OH is 4. The van der Waals surface area contributed by atoms with Crippen LogP contribution in [0.25, 0.3) is 0 Å². The fraction of sp³-hybridized carbons (Fsp3) is 1.00. The van der Waals surface area contributed by atoms with E-state index in [-0.39, 0.29) is 0 Å². The van der Waals surface area contributed by atoms with Gasteiger partial charge in [-0.25, -0.2) is 0 Å². The molecule has 132 valence electrons. The van der Waals surface area contributed by atoms with Gasteiger partial charge in [-0.05, 0) is 6.42 Å². The molecule has 1 rings (SSSR count). The van der Waals surface area contributed by atoms with Crippen molar-refractivity contribution in [3.63, 3.8) is 0 Å². The topological polar surface area (TPSA) is 99.4 Å². The minimum absolute atomic E-state index is 0.450. The molecule has 0 radical (unpaired) electrons. The first-order valence-electron chi connectivity index (χ1n) is 8.54. The summed E-state index contributed by atoms with van der Waals surface area (Å²) in [7, 11) is 0. The lowest BCUT2D eigenvalue weighted by Gasteiger charge is -2.18. The van der Waals surface area contributed by atoms with Crippen LogP contribution < -0.4 is 0 Å². The van der Waals surface area contributed by atoms with Crippen molar-refractivity contribution in [1.82, 2.24) is 0 Å². The Morgan fingerprint density at radius 2 is 1.55 bits per heavy atom. The van der Waals surface area contributed by atoms with E-state index in [0.717, 1.165) is 12.8 Å². The van der Waals surface area contributed by atoms with Gasteiger partial charge in [0.25, 0.3) is 0 Å². The van der Waals surface area contributed by atoms with Gasteiger partial charge in [0, 0.05) is 6.61 Å². The van der Waals surface area contributed by atoms with Crippen LogP contribution in [-0.4, -0.2) is 64.3 Å². The van der Waals surface area contributed by atoms with E-state index in [4.69, 9.17) is 14.6 Å². The molecule has 0 aromatic carbocycles. The second kappa shape index (κ2) is 11.3. The van der Waals surface area contributed by atoms with E-state index in [2.05, 4.69) is 6.92 Å². The third-order valence-corrected chi connectivity index (χ3v) is 4.10. The van der Waals surface area contributed by atoms with Crippen molar-refractivity contribution in [1.29, 1.82) is 0 Å². The lowest BCUT2D eigenvalue weighted by Crippen LogP contribution is -2.40. The Morgan fingerprint density at radius 1 is 0.955 bits per heavy atom. The molecule has 1 fully saturated rings. The monoisotopic (exact) mass is 320 g/mol. The number of unbranched alkanes of at least 4 members (excludes halogenated alkanes) is 7. The molecule has 1 aliphatic rings. The van der Waals surface area contributed by atoms with Crippen molar-refractivity contribution < 1.29 is 29.9 Å². The molecule has 5 atom stereocenters. The van der Waals surface area contributed by atoms with Crippen molar-refractivity contribution in [2.24, 2.45) is 0 Å². The molecule has 6 nitrogen and oxygen atoms in total. The molecule has 4 N–H and O–H groups in total. The molecule has 0 spiro atoms. The zero-order chi connectivity index (χ0) is 16.4. The van der Waals surface area contributed by atoms with Gasteiger partial charge in [-0.2, -0.15) is 0 Å². The summed E-state index contributed by atoms with van der Waals surface area (Å²) < 4.78 is 10.7. The molecule has 0 bridgehead atoms. The molecule has 0 amide bonds. The van der Waals surface area contributed by atoms with Gasteiger partial charge < -0.3 is 29.9 Å². The second-order valence-electron chi connectivity index (χ2n) is 6.05. The minimum atomic E-state index is -1.24. The van der Waals surface area contributed by atoms with Crippen LogP contribution in [0.1, 0.15) is 58.3 Å². The normalized spacial score (nSPS) is 29.9. The van der Waals surface area contributed by atoms with Crippen LogP contribution in [0.2, 0.25) is 0 Å². The van der Waals surface area contributed by atoms with Crippen molar-refractivity contribution >= 4 is 0 Å². The summed E-state index contributed by atoms with van der Waals surface area (Å²) in [6.07, 6.45) is 3.92. The number of hydrogen-bond acceptors (Lipinski definition) is 6. The van der Waals surface area contributed by atoms with Crippen LogP contribution in [0.3, 0.4) is 0 Å². The van der Waals surface area contributed by atoms with Gasteiger partial charge in [0.15, 0.2) is 6.29 Å². The molecule has 0 unspecified atom stereocenters. The maximum absolute atomic E-state index is 9.80. The molecule has 0 aliphatic carbocycles. The number of aliphatic hydroxyl groups is 4. The summed E-state index contributed by atoms with van der Waals surface area (Å²) >= 11 is 0. The van der Waals surface area contributed by atoms with Crippen LogP contribution in [0.5, 0.6) is 0 Å². The van der Waals surface area contributed by atoms with E-state index >= 15 is 0 Å². The van der Waals surface area contributed by atoms with Crippen LogP contribution in [0.15, 0.2) is 0 Å². The first kappa shape index (κ1) is 19.8. The van der Waals surface area contributed by atoms with Crippen LogP contribution in [-0.2, 0) is 9.47 Å². The Hall–Kier alpha value is -0.240. The summed E-state index contributed by atoms with van der Waals surface area (Å²) in [4.78, 5) is 0. The summed E-state index contributed by atoms with van der Waals surface area (Å²) in [5.41, 5.74) is 0. The van der Waals surface area contributed by atoms with Crippen molar-refractivity contribution in [3.8, 4) is 0 Å². The smallest absolute Gasteiger partial charge is 0.186 e. The Morgan fingerprint density at radius 3 is 2.14 bits per heavy atom.